The molecule has 0 amide bonds. The van der Waals surface area contributed by atoms with Crippen molar-refractivity contribution in [1.82, 2.24) is 0 Å². The van der Waals surface area contributed by atoms with Crippen LogP contribution in [0.4, 0.5) is 15.6 Å². The summed E-state index contributed by atoms with van der Waals surface area (Å²) < 4.78 is 65.5. The van der Waals surface area contributed by atoms with Crippen molar-refractivity contribution in [1.29, 1.82) is 0 Å². The van der Waals surface area contributed by atoms with Gasteiger partial charge in [-0.05, 0) is 0 Å². The molecule has 0 aliphatic heterocycles. The fourth-order valence-corrected chi connectivity index (χ4v) is 2.57. The van der Waals surface area contributed by atoms with Crippen molar-refractivity contribution >= 4 is 25.5 Å². The number of hydrogen-bond donors (Lipinski definition) is 0. The Morgan fingerprint density at radius 3 is 1.94 bits per heavy atom. The van der Waals surface area contributed by atoms with Crippen molar-refractivity contribution in [2.75, 3.05) is 7.11 Å². The normalized spacial score (nSPS) is 19.8. The van der Waals surface area contributed by atoms with Crippen LogP contribution in [0.2, 0.25) is 3.86 Å². The van der Waals surface area contributed by atoms with Crippen LogP contribution >= 0.6 is 0 Å². The van der Waals surface area contributed by atoms with Crippen LogP contribution in [0, 0.1) is 0 Å². The van der Waals surface area contributed by atoms with Gasteiger partial charge in [0.2, 0.25) is 0 Å². The molecule has 1 nitrogen and oxygen atoms in total. The minimum atomic E-state index is -8.73. The topological polar surface area (TPSA) is 11.3 Å². The van der Waals surface area contributed by atoms with Crippen LogP contribution in [0.5, 0.6) is 0 Å². The second-order valence-corrected chi connectivity index (χ2v) is 10.2. The Hall–Kier alpha value is -0.642. The van der Waals surface area contributed by atoms with Gasteiger partial charge in [-0.1, -0.05) is 0 Å². The third kappa shape index (κ3) is 3.66. The molecule has 1 rings (SSSR count). The van der Waals surface area contributed by atoms with Gasteiger partial charge in [0.15, 0.2) is 0 Å². The first-order valence-electron chi connectivity index (χ1n) is 4.67. The Morgan fingerprint density at radius 1 is 1.12 bits per heavy atom. The van der Waals surface area contributed by atoms with E-state index in [9.17, 15) is 15.6 Å². The van der Waals surface area contributed by atoms with Gasteiger partial charge in [-0.15, -0.1) is 0 Å². The Kier molecular flexibility index (Phi) is 3.87. The van der Waals surface area contributed by atoms with E-state index in [1.807, 2.05) is 0 Å². The second-order valence-electron chi connectivity index (χ2n) is 3.53. The molecule has 7 heteroatoms. The van der Waals surface area contributed by atoms with E-state index in [2.05, 4.69) is 0 Å². The van der Waals surface area contributed by atoms with Crippen molar-refractivity contribution in [2.24, 2.45) is 0 Å². The summed E-state index contributed by atoms with van der Waals surface area (Å²) in [5, 5.41) is 0. The molecule has 0 spiro atoms. The fraction of sp³-hybridized carbons (Fsp3) is 0.300. The van der Waals surface area contributed by atoms with E-state index in [4.69, 9.17) is 4.42 Å². The molecule has 0 saturated carbocycles. The molecule has 0 bridgehead atoms. The molecular formula is C10H11F5OSb+. The summed E-state index contributed by atoms with van der Waals surface area (Å²) in [4.78, 5) is 0. The first kappa shape index (κ1) is 14.4. The molecule has 0 heterocycles. The molecule has 0 saturated heterocycles. The molecule has 1 unspecified atom stereocenters. The maximum atomic E-state index is 13.5. The van der Waals surface area contributed by atoms with Crippen molar-refractivity contribution in [3.05, 3.63) is 35.7 Å². The predicted molar refractivity (Wildman–Crippen MR) is 57.0 cm³/mol. The first-order valence-corrected chi connectivity index (χ1v) is 10.0. The molecule has 0 aromatic heterocycles. The van der Waals surface area contributed by atoms with E-state index in [0.717, 1.165) is 12.2 Å². The Labute approximate surface area is 99.3 Å². The molecule has 1 aliphatic rings. The van der Waals surface area contributed by atoms with Crippen LogP contribution in [0.3, 0.4) is 0 Å². The van der Waals surface area contributed by atoms with Crippen LogP contribution in [0.1, 0.15) is 6.92 Å². The van der Waals surface area contributed by atoms with Gasteiger partial charge in [0.05, 0.1) is 0 Å². The Morgan fingerprint density at radius 2 is 1.59 bits per heavy atom. The molecule has 96 valence electrons. The van der Waals surface area contributed by atoms with E-state index < -0.39 is 29.4 Å². The number of hydrogen-bond acceptors (Lipinski definition) is 0. The zero-order valence-corrected chi connectivity index (χ0v) is 11.7. The summed E-state index contributed by atoms with van der Waals surface area (Å²) in [7, 11) is 1.38. The van der Waals surface area contributed by atoms with Crippen LogP contribution in [0.25, 0.3) is 0 Å². The average Bonchev–Trinajstić information content (AvgIpc) is 2.25. The number of allylic oxidation sites excluding steroid dienone is 6. The molecule has 0 N–H and O–H groups in total. The SMILES string of the molecule is C[O+]=C1C=CC(=C(F)[CH](C)[Sb]([F])([F])([F])[F])C=C1. The predicted octanol–water partition coefficient (Wildman–Crippen LogP) is 3.73. The summed E-state index contributed by atoms with van der Waals surface area (Å²) in [5.74, 6) is -1.09. The number of halogens is 5. The van der Waals surface area contributed by atoms with Crippen molar-refractivity contribution < 1.29 is 20.1 Å². The van der Waals surface area contributed by atoms with Crippen molar-refractivity contribution in [3.63, 3.8) is 0 Å². The summed E-state index contributed by atoms with van der Waals surface area (Å²) in [6, 6.07) is 0. The Bertz CT molecular complexity index is 414. The van der Waals surface area contributed by atoms with Crippen LogP contribution in [0.15, 0.2) is 35.7 Å². The molecule has 17 heavy (non-hydrogen) atoms. The summed E-state index contributed by atoms with van der Waals surface area (Å²) in [5.41, 5.74) is -0.276. The number of ketones is 1. The van der Waals surface area contributed by atoms with E-state index in [0.29, 0.717) is 12.7 Å². The van der Waals surface area contributed by atoms with Crippen LogP contribution in [-0.4, -0.2) is 32.6 Å². The van der Waals surface area contributed by atoms with Gasteiger partial charge in [-0.3, -0.25) is 0 Å². The van der Waals surface area contributed by atoms with E-state index in [1.165, 1.54) is 19.3 Å². The fourth-order valence-electron chi connectivity index (χ4n) is 1.16. The van der Waals surface area contributed by atoms with Gasteiger partial charge >= 0.3 is 99.2 Å². The van der Waals surface area contributed by atoms with Crippen molar-refractivity contribution in [2.45, 2.75) is 10.8 Å². The maximum absolute atomic E-state index is 13.5. The monoisotopic (exact) mass is 363 g/mol. The quantitative estimate of drug-likeness (QED) is 0.402. The molecular weight excluding hydrogens is 353 g/mol. The van der Waals surface area contributed by atoms with E-state index in [-0.39, 0.29) is 5.57 Å². The number of carbonyl (C=O) groups excluding carboxylic acids is 1. The first-order chi connectivity index (χ1) is 7.62. The van der Waals surface area contributed by atoms with Crippen molar-refractivity contribution in [3.8, 4) is 0 Å². The average molecular weight is 364 g/mol. The van der Waals surface area contributed by atoms with Crippen LogP contribution < -0.4 is 0 Å². The molecule has 1 atom stereocenters. The minimum absolute atomic E-state index is 0.276. The Balaban J connectivity index is 3.07. The van der Waals surface area contributed by atoms with Gasteiger partial charge in [-0.2, -0.15) is 0 Å². The van der Waals surface area contributed by atoms with Gasteiger partial charge in [0, 0.05) is 0 Å². The summed E-state index contributed by atoms with van der Waals surface area (Å²) in [6.07, 6.45) is 4.89. The van der Waals surface area contributed by atoms with E-state index in [1.54, 1.807) is 0 Å². The van der Waals surface area contributed by atoms with Gasteiger partial charge in [-0.25, -0.2) is 0 Å². The zero-order valence-electron chi connectivity index (χ0n) is 9.13. The molecule has 0 radical (unpaired) electrons. The molecule has 0 aromatic carbocycles. The summed E-state index contributed by atoms with van der Waals surface area (Å²) in [6.45, 7) is 0.515. The van der Waals surface area contributed by atoms with E-state index >= 15 is 0 Å². The third-order valence-corrected chi connectivity index (χ3v) is 6.31. The standard InChI is InChI=1S/C10H11FO.4FH.Sb/c1-3-10(11)8-4-6-9(12-2)7-5-8;;;;;/h3-7H,1-2H3;4*1H;/q+1;;;;;+4/p-4. The number of rotatable bonds is 2. The molecule has 1 aliphatic carbocycles. The van der Waals surface area contributed by atoms with Gasteiger partial charge < -0.3 is 0 Å². The van der Waals surface area contributed by atoms with Gasteiger partial charge in [0.25, 0.3) is 0 Å². The molecule has 0 aromatic rings. The van der Waals surface area contributed by atoms with Gasteiger partial charge in [0.1, 0.15) is 0 Å². The van der Waals surface area contributed by atoms with Crippen LogP contribution in [-0.2, 0) is 4.42 Å². The molecule has 0 fully saturated rings. The second kappa shape index (κ2) is 4.56. The summed E-state index contributed by atoms with van der Waals surface area (Å²) >= 11 is -8.73. The zero-order chi connectivity index (χ0) is 13.3. The third-order valence-electron chi connectivity index (χ3n) is 2.32.